The Bertz CT molecular complexity index is 1090. The van der Waals surface area contributed by atoms with Crippen molar-refractivity contribution in [1.29, 1.82) is 5.26 Å². The van der Waals surface area contributed by atoms with Gasteiger partial charge in [0, 0.05) is 19.3 Å². The van der Waals surface area contributed by atoms with Crippen molar-refractivity contribution < 1.29 is 13.2 Å². The number of rotatable bonds is 5. The second-order valence-electron chi connectivity index (χ2n) is 6.83. The van der Waals surface area contributed by atoms with Gasteiger partial charge in [0.15, 0.2) is 0 Å². The first-order chi connectivity index (χ1) is 13.9. The van der Waals surface area contributed by atoms with Gasteiger partial charge in [0.25, 0.3) is 5.56 Å². The number of nitrogens with one attached hydrogen (secondary N) is 1. The zero-order chi connectivity index (χ0) is 20.9. The SMILES string of the molecule is N#Cc1ccccc1NC(=O)Cn1cccc(S(=O)(=O)N2CCCCCC2)c1=O. The molecule has 1 aliphatic rings. The van der Waals surface area contributed by atoms with Crippen LogP contribution in [-0.4, -0.2) is 36.3 Å². The van der Waals surface area contributed by atoms with E-state index in [4.69, 9.17) is 5.26 Å². The zero-order valence-corrected chi connectivity index (χ0v) is 16.7. The van der Waals surface area contributed by atoms with E-state index < -0.39 is 21.5 Å². The Hall–Kier alpha value is -2.96. The lowest BCUT2D eigenvalue weighted by Gasteiger charge is -2.20. The summed E-state index contributed by atoms with van der Waals surface area (Å²) in [6.07, 6.45) is 4.84. The highest BCUT2D eigenvalue weighted by Crippen LogP contribution is 2.18. The molecule has 1 N–H and O–H groups in total. The second-order valence-corrected chi connectivity index (χ2v) is 8.74. The molecule has 2 aromatic rings. The van der Waals surface area contributed by atoms with Crippen LogP contribution in [0.15, 0.2) is 52.3 Å². The highest BCUT2D eigenvalue weighted by atomic mass is 32.2. The molecule has 0 saturated carbocycles. The standard InChI is InChI=1S/C20H22N4O4S/c21-14-16-8-3-4-9-17(16)22-19(25)15-23-11-7-10-18(20(23)26)29(27,28)24-12-5-1-2-6-13-24/h3-4,7-11H,1-2,5-6,12-13,15H2,(H,22,25). The summed E-state index contributed by atoms with van der Waals surface area (Å²) in [4.78, 5) is 24.8. The van der Waals surface area contributed by atoms with E-state index >= 15 is 0 Å². The van der Waals surface area contributed by atoms with E-state index in [0.29, 0.717) is 24.3 Å². The summed E-state index contributed by atoms with van der Waals surface area (Å²) < 4.78 is 28.3. The lowest BCUT2D eigenvalue weighted by atomic mass is 10.2. The third-order valence-electron chi connectivity index (χ3n) is 4.80. The molecule has 1 aromatic carbocycles. The molecule has 1 amide bonds. The largest absolute Gasteiger partial charge is 0.323 e. The van der Waals surface area contributed by atoms with Crippen LogP contribution in [-0.2, 0) is 21.4 Å². The minimum Gasteiger partial charge on any atom is -0.323 e. The molecule has 1 fully saturated rings. The van der Waals surface area contributed by atoms with Gasteiger partial charge in [0.05, 0.1) is 11.3 Å². The predicted octanol–water partition coefficient (Wildman–Crippen LogP) is 1.92. The van der Waals surface area contributed by atoms with Crippen molar-refractivity contribution in [2.45, 2.75) is 37.1 Å². The summed E-state index contributed by atoms with van der Waals surface area (Å²) in [5.74, 6) is -0.529. The number of anilines is 1. The average molecular weight is 414 g/mol. The molecule has 0 spiro atoms. The van der Waals surface area contributed by atoms with E-state index in [1.807, 2.05) is 6.07 Å². The van der Waals surface area contributed by atoms with Crippen LogP contribution in [0.1, 0.15) is 31.2 Å². The third kappa shape index (κ3) is 4.72. The molecule has 1 saturated heterocycles. The summed E-state index contributed by atoms with van der Waals surface area (Å²) in [6.45, 7) is 0.423. The molecule has 152 valence electrons. The Morgan fingerprint density at radius 1 is 1.07 bits per heavy atom. The predicted molar refractivity (Wildman–Crippen MR) is 108 cm³/mol. The fourth-order valence-corrected chi connectivity index (χ4v) is 4.90. The molecule has 1 aliphatic heterocycles. The van der Waals surface area contributed by atoms with Gasteiger partial charge in [-0.05, 0) is 37.1 Å². The van der Waals surface area contributed by atoms with E-state index in [9.17, 15) is 18.0 Å². The van der Waals surface area contributed by atoms with Crippen molar-refractivity contribution in [2.75, 3.05) is 18.4 Å². The number of para-hydroxylation sites is 1. The van der Waals surface area contributed by atoms with Crippen molar-refractivity contribution in [1.82, 2.24) is 8.87 Å². The second kappa shape index (κ2) is 9.03. The molecule has 2 heterocycles. The van der Waals surface area contributed by atoms with Gasteiger partial charge in [0.1, 0.15) is 17.5 Å². The first-order valence-corrected chi connectivity index (χ1v) is 10.9. The number of sulfonamides is 1. The van der Waals surface area contributed by atoms with Crippen LogP contribution in [0.25, 0.3) is 0 Å². The molecular weight excluding hydrogens is 392 g/mol. The molecule has 9 heteroatoms. The van der Waals surface area contributed by atoms with Crippen LogP contribution < -0.4 is 10.9 Å². The van der Waals surface area contributed by atoms with Crippen molar-refractivity contribution >= 4 is 21.6 Å². The molecule has 0 bridgehead atoms. The van der Waals surface area contributed by atoms with Crippen LogP contribution in [0.3, 0.4) is 0 Å². The summed E-state index contributed by atoms with van der Waals surface area (Å²) in [5.41, 5.74) is -0.104. The first kappa shape index (κ1) is 20.8. The number of carbonyl (C=O) groups excluding carboxylic acids is 1. The number of amides is 1. The van der Waals surface area contributed by atoms with Crippen LogP contribution in [0.2, 0.25) is 0 Å². The topological polar surface area (TPSA) is 112 Å². The van der Waals surface area contributed by atoms with Gasteiger partial charge in [-0.15, -0.1) is 0 Å². The molecule has 0 unspecified atom stereocenters. The Balaban J connectivity index is 1.82. The van der Waals surface area contributed by atoms with Crippen molar-refractivity contribution in [3.8, 4) is 6.07 Å². The lowest BCUT2D eigenvalue weighted by Crippen LogP contribution is -2.37. The maximum atomic E-state index is 12.9. The molecular formula is C20H22N4O4S. The van der Waals surface area contributed by atoms with Gasteiger partial charge in [-0.3, -0.25) is 9.59 Å². The first-order valence-electron chi connectivity index (χ1n) is 9.42. The fraction of sp³-hybridized carbons (Fsp3) is 0.350. The van der Waals surface area contributed by atoms with Crippen molar-refractivity contribution in [2.24, 2.45) is 0 Å². The highest BCUT2D eigenvalue weighted by molar-refractivity contribution is 7.89. The van der Waals surface area contributed by atoms with Gasteiger partial charge >= 0.3 is 0 Å². The van der Waals surface area contributed by atoms with Gasteiger partial charge < -0.3 is 9.88 Å². The average Bonchev–Trinajstić information content (AvgIpc) is 3.00. The van der Waals surface area contributed by atoms with Gasteiger partial charge in [0.2, 0.25) is 15.9 Å². The quantitative estimate of drug-likeness (QED) is 0.803. The molecule has 0 atom stereocenters. The Morgan fingerprint density at radius 3 is 2.45 bits per heavy atom. The van der Waals surface area contributed by atoms with Crippen LogP contribution in [0.4, 0.5) is 5.69 Å². The Morgan fingerprint density at radius 2 is 1.76 bits per heavy atom. The minimum atomic E-state index is -3.92. The molecule has 3 rings (SSSR count). The number of benzene rings is 1. The van der Waals surface area contributed by atoms with E-state index in [2.05, 4.69) is 5.32 Å². The fourth-order valence-electron chi connectivity index (χ4n) is 3.29. The number of nitrogens with zero attached hydrogens (tertiary/aromatic N) is 3. The van der Waals surface area contributed by atoms with E-state index in [1.165, 1.54) is 22.6 Å². The molecule has 29 heavy (non-hydrogen) atoms. The number of aromatic nitrogens is 1. The van der Waals surface area contributed by atoms with Crippen LogP contribution in [0.5, 0.6) is 0 Å². The monoisotopic (exact) mass is 414 g/mol. The number of nitriles is 1. The number of pyridine rings is 1. The Labute approximate surface area is 169 Å². The van der Waals surface area contributed by atoms with Crippen LogP contribution in [0, 0.1) is 11.3 Å². The zero-order valence-electron chi connectivity index (χ0n) is 15.9. The molecule has 1 aromatic heterocycles. The summed E-state index contributed by atoms with van der Waals surface area (Å²) in [6, 6.07) is 11.2. The van der Waals surface area contributed by atoms with Gasteiger partial charge in [-0.25, -0.2) is 8.42 Å². The van der Waals surface area contributed by atoms with E-state index in [0.717, 1.165) is 30.3 Å². The summed E-state index contributed by atoms with van der Waals surface area (Å²) >= 11 is 0. The molecule has 8 nitrogen and oxygen atoms in total. The minimum absolute atomic E-state index is 0.297. The van der Waals surface area contributed by atoms with Crippen molar-refractivity contribution in [3.05, 3.63) is 58.5 Å². The van der Waals surface area contributed by atoms with Crippen molar-refractivity contribution in [3.63, 3.8) is 0 Å². The number of carbonyl (C=O) groups is 1. The number of hydrogen-bond donors (Lipinski definition) is 1. The highest BCUT2D eigenvalue weighted by Gasteiger charge is 2.28. The van der Waals surface area contributed by atoms with Gasteiger partial charge in [-0.2, -0.15) is 9.57 Å². The summed E-state index contributed by atoms with van der Waals surface area (Å²) in [7, 11) is -3.92. The maximum absolute atomic E-state index is 12.9. The van der Waals surface area contributed by atoms with E-state index in [1.54, 1.807) is 24.3 Å². The van der Waals surface area contributed by atoms with E-state index in [-0.39, 0.29) is 11.4 Å². The Kier molecular flexibility index (Phi) is 6.46. The summed E-state index contributed by atoms with van der Waals surface area (Å²) in [5, 5.41) is 11.7. The maximum Gasteiger partial charge on any atom is 0.271 e. The van der Waals surface area contributed by atoms with Gasteiger partial charge in [-0.1, -0.05) is 25.0 Å². The smallest absolute Gasteiger partial charge is 0.271 e. The van der Waals surface area contributed by atoms with Crippen LogP contribution >= 0.6 is 0 Å². The molecule has 0 aliphatic carbocycles. The molecule has 0 radical (unpaired) electrons. The number of hydrogen-bond acceptors (Lipinski definition) is 5. The third-order valence-corrected chi connectivity index (χ3v) is 6.72. The normalized spacial score (nSPS) is 15.3. The lowest BCUT2D eigenvalue weighted by molar-refractivity contribution is -0.116.